The molecule has 0 saturated carbocycles. The molecule has 1 aliphatic heterocycles. The van der Waals surface area contributed by atoms with E-state index in [0.29, 0.717) is 17.9 Å². The van der Waals surface area contributed by atoms with Gasteiger partial charge < -0.3 is 10.1 Å². The Labute approximate surface area is 152 Å². The molecule has 3 rings (SSSR count). The summed E-state index contributed by atoms with van der Waals surface area (Å²) < 4.78 is 5.49. The van der Waals surface area contributed by atoms with Crippen molar-refractivity contribution in [3.05, 3.63) is 58.7 Å². The number of hydrogen-bond donors (Lipinski definition) is 2. The van der Waals surface area contributed by atoms with Crippen LogP contribution in [-0.2, 0) is 16.0 Å². The predicted octanol–water partition coefficient (Wildman–Crippen LogP) is 2.72. The number of ether oxygens (including phenoxy) is 1. The maximum atomic E-state index is 11.9. The molecule has 6 heteroatoms. The number of nitrogens with zero attached hydrogens (tertiary/aromatic N) is 1. The Bertz CT molecular complexity index is 903. The molecule has 6 nitrogen and oxygen atoms in total. The van der Waals surface area contributed by atoms with E-state index in [4.69, 9.17) is 4.74 Å². The SMILES string of the molecule is C/C(=N\NC(=O)COc1ccc(C)c(C)c1)c1ccc2c(c1)CC(=O)N2. The lowest BCUT2D eigenvalue weighted by atomic mass is 10.1. The summed E-state index contributed by atoms with van der Waals surface area (Å²) in [6.07, 6.45) is 0.368. The van der Waals surface area contributed by atoms with Crippen molar-refractivity contribution in [2.75, 3.05) is 11.9 Å². The Morgan fingerprint density at radius 2 is 2.00 bits per heavy atom. The Balaban J connectivity index is 1.57. The molecule has 2 amide bonds. The lowest BCUT2D eigenvalue weighted by Gasteiger charge is -2.08. The van der Waals surface area contributed by atoms with Crippen LogP contribution in [0.2, 0.25) is 0 Å². The van der Waals surface area contributed by atoms with Crippen molar-refractivity contribution < 1.29 is 14.3 Å². The molecule has 0 saturated heterocycles. The zero-order valence-electron chi connectivity index (χ0n) is 15.1. The maximum Gasteiger partial charge on any atom is 0.277 e. The normalized spacial score (nSPS) is 13.2. The van der Waals surface area contributed by atoms with Gasteiger partial charge in [-0.05, 0) is 67.3 Å². The first-order valence-electron chi connectivity index (χ1n) is 8.38. The minimum Gasteiger partial charge on any atom is -0.484 e. The molecular weight excluding hydrogens is 330 g/mol. The Kier molecular flexibility index (Phi) is 5.02. The highest BCUT2D eigenvalue weighted by atomic mass is 16.5. The highest BCUT2D eigenvalue weighted by Crippen LogP contribution is 2.24. The molecule has 0 unspecified atom stereocenters. The smallest absolute Gasteiger partial charge is 0.277 e. The van der Waals surface area contributed by atoms with Gasteiger partial charge in [0.15, 0.2) is 6.61 Å². The van der Waals surface area contributed by atoms with Crippen molar-refractivity contribution in [1.29, 1.82) is 0 Å². The standard InChI is InChI=1S/C20H21N3O3/c1-12-4-6-17(8-13(12)2)26-11-20(25)23-22-14(3)15-5-7-18-16(9-15)10-19(24)21-18/h4-9H,10-11H2,1-3H3,(H,21,24)(H,23,25)/b22-14+. The van der Waals surface area contributed by atoms with Crippen molar-refractivity contribution >= 4 is 23.2 Å². The summed E-state index contributed by atoms with van der Waals surface area (Å²) in [7, 11) is 0. The fraction of sp³-hybridized carbons (Fsp3) is 0.250. The van der Waals surface area contributed by atoms with E-state index in [9.17, 15) is 9.59 Å². The van der Waals surface area contributed by atoms with Gasteiger partial charge in [-0.2, -0.15) is 5.10 Å². The van der Waals surface area contributed by atoms with Gasteiger partial charge in [0.2, 0.25) is 5.91 Å². The number of benzene rings is 2. The van der Waals surface area contributed by atoms with Gasteiger partial charge in [-0.15, -0.1) is 0 Å². The third-order valence-corrected chi connectivity index (χ3v) is 4.34. The van der Waals surface area contributed by atoms with E-state index in [2.05, 4.69) is 15.8 Å². The summed E-state index contributed by atoms with van der Waals surface area (Å²) in [6.45, 7) is 5.71. The third-order valence-electron chi connectivity index (χ3n) is 4.34. The highest BCUT2D eigenvalue weighted by molar-refractivity contribution is 6.03. The number of amides is 2. The van der Waals surface area contributed by atoms with Crippen LogP contribution in [-0.4, -0.2) is 24.1 Å². The van der Waals surface area contributed by atoms with E-state index in [1.54, 1.807) is 6.92 Å². The summed E-state index contributed by atoms with van der Waals surface area (Å²) in [6, 6.07) is 11.3. The van der Waals surface area contributed by atoms with Crippen LogP contribution in [0, 0.1) is 13.8 Å². The molecule has 2 aromatic carbocycles. The lowest BCUT2D eigenvalue weighted by molar-refractivity contribution is -0.123. The van der Waals surface area contributed by atoms with Crippen LogP contribution in [0.5, 0.6) is 5.75 Å². The van der Waals surface area contributed by atoms with Crippen LogP contribution in [0.15, 0.2) is 41.5 Å². The molecule has 134 valence electrons. The number of rotatable bonds is 5. The topological polar surface area (TPSA) is 79.8 Å². The van der Waals surface area contributed by atoms with Crippen molar-refractivity contribution in [3.8, 4) is 5.75 Å². The van der Waals surface area contributed by atoms with Gasteiger partial charge in [-0.3, -0.25) is 9.59 Å². The van der Waals surface area contributed by atoms with Crippen LogP contribution in [0.25, 0.3) is 0 Å². The summed E-state index contributed by atoms with van der Waals surface area (Å²) in [4.78, 5) is 23.3. The molecule has 0 aromatic heterocycles. The third kappa shape index (κ3) is 4.08. The Morgan fingerprint density at radius 3 is 2.77 bits per heavy atom. The first-order chi connectivity index (χ1) is 12.4. The van der Waals surface area contributed by atoms with E-state index < -0.39 is 0 Å². The maximum absolute atomic E-state index is 11.9. The Hall–Kier alpha value is -3.15. The van der Waals surface area contributed by atoms with Gasteiger partial charge in [0, 0.05) is 5.69 Å². The van der Waals surface area contributed by atoms with Gasteiger partial charge in [0.25, 0.3) is 5.91 Å². The van der Waals surface area contributed by atoms with E-state index in [1.807, 2.05) is 50.2 Å². The fourth-order valence-electron chi connectivity index (χ4n) is 2.65. The molecule has 0 radical (unpaired) electrons. The monoisotopic (exact) mass is 351 g/mol. The molecule has 26 heavy (non-hydrogen) atoms. The number of carbonyl (C=O) groups is 2. The van der Waals surface area contributed by atoms with Crippen LogP contribution < -0.4 is 15.5 Å². The number of aryl methyl sites for hydroxylation is 2. The number of nitrogens with one attached hydrogen (secondary N) is 2. The van der Waals surface area contributed by atoms with Crippen molar-refractivity contribution in [2.24, 2.45) is 5.10 Å². The van der Waals surface area contributed by atoms with Crippen molar-refractivity contribution in [2.45, 2.75) is 27.2 Å². The molecule has 0 atom stereocenters. The zero-order chi connectivity index (χ0) is 18.7. The average molecular weight is 351 g/mol. The molecule has 2 N–H and O–H groups in total. The molecular formula is C20H21N3O3. The molecule has 1 heterocycles. The summed E-state index contributed by atoms with van der Waals surface area (Å²) in [5.41, 5.74) is 8.07. The quantitative estimate of drug-likeness (QED) is 0.642. The van der Waals surface area contributed by atoms with E-state index in [-0.39, 0.29) is 18.4 Å². The second kappa shape index (κ2) is 7.39. The minimum atomic E-state index is -0.333. The summed E-state index contributed by atoms with van der Waals surface area (Å²) in [5.74, 6) is 0.309. The largest absolute Gasteiger partial charge is 0.484 e. The predicted molar refractivity (Wildman–Crippen MR) is 101 cm³/mol. The number of anilines is 1. The van der Waals surface area contributed by atoms with Crippen LogP contribution in [0.3, 0.4) is 0 Å². The van der Waals surface area contributed by atoms with Crippen LogP contribution >= 0.6 is 0 Å². The van der Waals surface area contributed by atoms with Gasteiger partial charge >= 0.3 is 0 Å². The number of hydrazone groups is 1. The minimum absolute atomic E-state index is 0.0106. The molecule has 0 bridgehead atoms. The van der Waals surface area contributed by atoms with Gasteiger partial charge in [0.1, 0.15) is 5.75 Å². The second-order valence-electron chi connectivity index (χ2n) is 6.36. The Morgan fingerprint density at radius 1 is 1.19 bits per heavy atom. The first-order valence-corrected chi connectivity index (χ1v) is 8.38. The zero-order valence-corrected chi connectivity index (χ0v) is 15.1. The van der Waals surface area contributed by atoms with E-state index >= 15 is 0 Å². The summed E-state index contributed by atoms with van der Waals surface area (Å²) >= 11 is 0. The van der Waals surface area contributed by atoms with Gasteiger partial charge in [-0.25, -0.2) is 5.43 Å². The van der Waals surface area contributed by atoms with Crippen molar-refractivity contribution in [3.63, 3.8) is 0 Å². The molecule has 0 spiro atoms. The number of hydrogen-bond acceptors (Lipinski definition) is 4. The molecule has 0 aliphatic carbocycles. The molecule has 2 aromatic rings. The molecule has 0 fully saturated rings. The van der Waals surface area contributed by atoms with E-state index in [0.717, 1.165) is 22.4 Å². The van der Waals surface area contributed by atoms with Crippen LogP contribution in [0.4, 0.5) is 5.69 Å². The average Bonchev–Trinajstić information content (AvgIpc) is 2.99. The molecule has 1 aliphatic rings. The fourth-order valence-corrected chi connectivity index (χ4v) is 2.65. The van der Waals surface area contributed by atoms with Crippen LogP contribution in [0.1, 0.15) is 29.2 Å². The van der Waals surface area contributed by atoms with Gasteiger partial charge in [0.05, 0.1) is 12.1 Å². The van der Waals surface area contributed by atoms with Gasteiger partial charge in [-0.1, -0.05) is 12.1 Å². The first kappa shape index (κ1) is 17.7. The highest BCUT2D eigenvalue weighted by Gasteiger charge is 2.17. The van der Waals surface area contributed by atoms with Crippen molar-refractivity contribution in [1.82, 2.24) is 5.43 Å². The second-order valence-corrected chi connectivity index (χ2v) is 6.36. The van der Waals surface area contributed by atoms with E-state index in [1.165, 1.54) is 5.56 Å². The summed E-state index contributed by atoms with van der Waals surface area (Å²) in [5, 5.41) is 6.90. The lowest BCUT2D eigenvalue weighted by Crippen LogP contribution is -2.25. The number of fused-ring (bicyclic) bond motifs is 1. The number of carbonyl (C=O) groups excluding carboxylic acids is 2.